The zero-order chi connectivity index (χ0) is 14.9. The molecule has 2 N–H and O–H groups in total. The van der Waals surface area contributed by atoms with Gasteiger partial charge in [0.2, 0.25) is 0 Å². The largest absolute Gasteiger partial charge is 0.378 e. The van der Waals surface area contributed by atoms with Crippen molar-refractivity contribution in [2.45, 2.75) is 6.04 Å². The van der Waals surface area contributed by atoms with Crippen molar-refractivity contribution >= 4 is 11.0 Å². The molecular formula is C16H16N4O2. The van der Waals surface area contributed by atoms with E-state index in [9.17, 15) is 4.79 Å². The van der Waals surface area contributed by atoms with Gasteiger partial charge in [-0.25, -0.2) is 4.98 Å². The molecule has 2 aromatic heterocycles. The normalized spacial score (nSPS) is 18.6. The number of hydrogen-bond donors (Lipinski definition) is 2. The van der Waals surface area contributed by atoms with E-state index in [1.807, 2.05) is 22.9 Å². The van der Waals surface area contributed by atoms with Gasteiger partial charge in [0.05, 0.1) is 31.0 Å². The van der Waals surface area contributed by atoms with E-state index in [-0.39, 0.29) is 11.6 Å². The monoisotopic (exact) mass is 296 g/mol. The number of aromatic amines is 1. The minimum atomic E-state index is -0.121. The third kappa shape index (κ3) is 2.22. The molecule has 1 saturated heterocycles. The quantitative estimate of drug-likeness (QED) is 0.749. The fraction of sp³-hybridized carbons (Fsp3) is 0.250. The number of H-pyrrole nitrogens is 1. The van der Waals surface area contributed by atoms with Crippen LogP contribution in [0.5, 0.6) is 0 Å². The van der Waals surface area contributed by atoms with Crippen LogP contribution in [0.3, 0.4) is 0 Å². The molecule has 1 atom stereocenters. The van der Waals surface area contributed by atoms with E-state index in [4.69, 9.17) is 4.74 Å². The van der Waals surface area contributed by atoms with Crippen LogP contribution in [-0.4, -0.2) is 34.3 Å². The first kappa shape index (κ1) is 13.2. The lowest BCUT2D eigenvalue weighted by Gasteiger charge is -2.24. The number of rotatable bonds is 2. The molecule has 1 fully saturated rings. The van der Waals surface area contributed by atoms with Crippen LogP contribution in [0, 0.1) is 0 Å². The molecule has 0 aliphatic carbocycles. The lowest BCUT2D eigenvalue weighted by molar-refractivity contribution is 0.0769. The average molecular weight is 296 g/mol. The van der Waals surface area contributed by atoms with E-state index < -0.39 is 0 Å². The molecule has 1 aliphatic heterocycles. The Morgan fingerprint density at radius 2 is 2.09 bits per heavy atom. The summed E-state index contributed by atoms with van der Waals surface area (Å²) in [7, 11) is 0. The predicted octanol–water partition coefficient (Wildman–Crippen LogP) is 1.37. The summed E-state index contributed by atoms with van der Waals surface area (Å²) in [6.45, 7) is 2.34. The first-order valence-electron chi connectivity index (χ1n) is 7.29. The summed E-state index contributed by atoms with van der Waals surface area (Å²) >= 11 is 0. The second-order valence-corrected chi connectivity index (χ2v) is 5.33. The van der Waals surface area contributed by atoms with E-state index in [1.54, 1.807) is 6.07 Å². The molecule has 6 heteroatoms. The Labute approximate surface area is 126 Å². The third-order valence-corrected chi connectivity index (χ3v) is 3.98. The standard InChI is InChI=1S/C16H16N4O2/c21-16-13-5-7-20(15(13)18-10-19-16)12-3-1-11(2-4-12)14-9-22-8-6-17-14/h1-5,7,10,14,17H,6,8-9H2,(H,18,19,21)/t14-/m1/s1. The predicted molar refractivity (Wildman–Crippen MR) is 83.3 cm³/mol. The SMILES string of the molecule is O=c1[nH]cnc2c1ccn2-c1ccc([C@H]2COCCN2)cc1. The topological polar surface area (TPSA) is 71.9 Å². The van der Waals surface area contributed by atoms with Gasteiger partial charge in [-0.1, -0.05) is 12.1 Å². The van der Waals surface area contributed by atoms with E-state index >= 15 is 0 Å². The molecule has 0 unspecified atom stereocenters. The van der Waals surface area contributed by atoms with Crippen LogP contribution in [0.25, 0.3) is 16.7 Å². The summed E-state index contributed by atoms with van der Waals surface area (Å²) in [4.78, 5) is 18.6. The van der Waals surface area contributed by atoms with E-state index in [0.717, 1.165) is 18.8 Å². The Kier molecular flexibility index (Phi) is 3.25. The first-order chi connectivity index (χ1) is 10.8. The summed E-state index contributed by atoms with van der Waals surface area (Å²) < 4.78 is 7.41. The number of morpholine rings is 1. The highest BCUT2D eigenvalue weighted by Crippen LogP contribution is 2.20. The van der Waals surface area contributed by atoms with Gasteiger partial charge in [-0.05, 0) is 23.8 Å². The van der Waals surface area contributed by atoms with Gasteiger partial charge in [0.15, 0.2) is 5.65 Å². The van der Waals surface area contributed by atoms with Crippen molar-refractivity contribution in [3.05, 3.63) is 58.8 Å². The Hall–Kier alpha value is -2.44. The van der Waals surface area contributed by atoms with Crippen molar-refractivity contribution in [1.82, 2.24) is 19.9 Å². The number of nitrogens with one attached hydrogen (secondary N) is 2. The number of fused-ring (bicyclic) bond motifs is 1. The van der Waals surface area contributed by atoms with Crippen LogP contribution < -0.4 is 10.9 Å². The number of nitrogens with zero attached hydrogens (tertiary/aromatic N) is 2. The fourth-order valence-corrected chi connectivity index (χ4v) is 2.82. The molecule has 6 nitrogen and oxygen atoms in total. The minimum Gasteiger partial charge on any atom is -0.378 e. The van der Waals surface area contributed by atoms with Crippen LogP contribution in [0.15, 0.2) is 47.7 Å². The molecule has 0 amide bonds. The fourth-order valence-electron chi connectivity index (χ4n) is 2.82. The molecule has 0 spiro atoms. The van der Waals surface area contributed by atoms with Crippen molar-refractivity contribution in [2.24, 2.45) is 0 Å². The van der Waals surface area contributed by atoms with Crippen LogP contribution in [-0.2, 0) is 4.74 Å². The van der Waals surface area contributed by atoms with Crippen molar-refractivity contribution in [2.75, 3.05) is 19.8 Å². The molecule has 3 aromatic rings. The van der Waals surface area contributed by atoms with Gasteiger partial charge in [0, 0.05) is 18.4 Å². The molecule has 1 aromatic carbocycles. The van der Waals surface area contributed by atoms with Gasteiger partial charge in [-0.3, -0.25) is 4.79 Å². The molecule has 0 saturated carbocycles. The zero-order valence-electron chi connectivity index (χ0n) is 12.0. The molecule has 4 rings (SSSR count). The molecular weight excluding hydrogens is 280 g/mol. The van der Waals surface area contributed by atoms with Gasteiger partial charge in [0.25, 0.3) is 5.56 Å². The molecule has 112 valence electrons. The maximum absolute atomic E-state index is 11.8. The number of benzene rings is 1. The Morgan fingerprint density at radius 1 is 1.23 bits per heavy atom. The Bertz CT molecular complexity index is 844. The molecule has 0 bridgehead atoms. The molecule has 3 heterocycles. The van der Waals surface area contributed by atoms with E-state index in [1.165, 1.54) is 11.9 Å². The van der Waals surface area contributed by atoms with E-state index in [2.05, 4.69) is 27.4 Å². The van der Waals surface area contributed by atoms with Gasteiger partial charge in [0.1, 0.15) is 0 Å². The van der Waals surface area contributed by atoms with Gasteiger partial charge < -0.3 is 19.6 Å². The second kappa shape index (κ2) is 5.40. The minimum absolute atomic E-state index is 0.121. The smallest absolute Gasteiger partial charge is 0.260 e. The molecule has 1 aliphatic rings. The lowest BCUT2D eigenvalue weighted by Crippen LogP contribution is -2.34. The summed E-state index contributed by atoms with van der Waals surface area (Å²) in [5.74, 6) is 0. The van der Waals surface area contributed by atoms with Crippen molar-refractivity contribution < 1.29 is 4.74 Å². The summed E-state index contributed by atoms with van der Waals surface area (Å²) in [5.41, 5.74) is 2.72. The maximum atomic E-state index is 11.8. The average Bonchev–Trinajstić information content (AvgIpc) is 3.01. The molecule has 0 radical (unpaired) electrons. The van der Waals surface area contributed by atoms with E-state index in [0.29, 0.717) is 17.6 Å². The molecule has 22 heavy (non-hydrogen) atoms. The van der Waals surface area contributed by atoms with Crippen LogP contribution in [0.4, 0.5) is 0 Å². The maximum Gasteiger partial charge on any atom is 0.260 e. The van der Waals surface area contributed by atoms with Crippen LogP contribution in [0.1, 0.15) is 11.6 Å². The number of aromatic nitrogens is 3. The van der Waals surface area contributed by atoms with Crippen LogP contribution >= 0.6 is 0 Å². The van der Waals surface area contributed by atoms with Gasteiger partial charge >= 0.3 is 0 Å². The van der Waals surface area contributed by atoms with Crippen LogP contribution in [0.2, 0.25) is 0 Å². The number of ether oxygens (including phenoxy) is 1. The Balaban J connectivity index is 1.70. The number of hydrogen-bond acceptors (Lipinski definition) is 4. The summed E-state index contributed by atoms with van der Waals surface area (Å²) in [5, 5.41) is 4.03. The van der Waals surface area contributed by atoms with Crippen molar-refractivity contribution in [1.29, 1.82) is 0 Å². The van der Waals surface area contributed by atoms with Gasteiger partial charge in [-0.15, -0.1) is 0 Å². The van der Waals surface area contributed by atoms with Crippen molar-refractivity contribution in [3.63, 3.8) is 0 Å². The van der Waals surface area contributed by atoms with Gasteiger partial charge in [-0.2, -0.15) is 0 Å². The van der Waals surface area contributed by atoms with Crippen molar-refractivity contribution in [3.8, 4) is 5.69 Å². The highest BCUT2D eigenvalue weighted by atomic mass is 16.5. The Morgan fingerprint density at radius 3 is 2.86 bits per heavy atom. The lowest BCUT2D eigenvalue weighted by atomic mass is 10.1. The zero-order valence-corrected chi connectivity index (χ0v) is 12.0. The summed E-state index contributed by atoms with van der Waals surface area (Å²) in [6, 6.07) is 10.3. The second-order valence-electron chi connectivity index (χ2n) is 5.33. The third-order valence-electron chi connectivity index (χ3n) is 3.98. The highest BCUT2D eigenvalue weighted by molar-refractivity contribution is 5.76. The summed E-state index contributed by atoms with van der Waals surface area (Å²) in [6.07, 6.45) is 3.29. The first-order valence-corrected chi connectivity index (χ1v) is 7.29. The highest BCUT2D eigenvalue weighted by Gasteiger charge is 2.15.